The maximum Gasteiger partial charge on any atom is 0.345 e. The Labute approximate surface area is 100 Å². The number of rotatable bonds is 4. The number of thioether (sulfide) groups is 1. The van der Waals surface area contributed by atoms with E-state index in [9.17, 15) is 4.79 Å². The molecule has 16 heavy (non-hydrogen) atoms. The largest absolute Gasteiger partial charge is 0.477 e. The molecule has 0 fully saturated rings. The highest BCUT2D eigenvalue weighted by Crippen LogP contribution is 2.26. The summed E-state index contributed by atoms with van der Waals surface area (Å²) in [5, 5.41) is 14.6. The fraction of sp³-hybridized carbons (Fsp3) is 0.222. The van der Waals surface area contributed by atoms with E-state index in [1.54, 1.807) is 22.5 Å². The van der Waals surface area contributed by atoms with E-state index in [2.05, 4.69) is 10.1 Å². The molecule has 0 aliphatic carbocycles. The van der Waals surface area contributed by atoms with Crippen LogP contribution in [0.15, 0.2) is 22.7 Å². The first-order chi connectivity index (χ1) is 7.66. The predicted molar refractivity (Wildman–Crippen MR) is 61.8 cm³/mol. The Morgan fingerprint density at radius 3 is 3.06 bits per heavy atom. The summed E-state index contributed by atoms with van der Waals surface area (Å²) in [5.41, 5.74) is 0. The highest BCUT2D eigenvalue weighted by molar-refractivity contribution is 7.98. The quantitative estimate of drug-likeness (QED) is 0.845. The van der Waals surface area contributed by atoms with E-state index in [1.807, 2.05) is 12.4 Å². The van der Waals surface area contributed by atoms with E-state index in [0.29, 0.717) is 10.6 Å². The van der Waals surface area contributed by atoms with Crippen LogP contribution in [0.4, 0.5) is 0 Å². The lowest BCUT2D eigenvalue weighted by molar-refractivity contribution is 0.0702. The predicted octanol–water partition coefficient (Wildman–Crippen LogP) is 1.87. The van der Waals surface area contributed by atoms with Gasteiger partial charge < -0.3 is 5.11 Å². The van der Waals surface area contributed by atoms with Crippen molar-refractivity contribution in [2.24, 2.45) is 7.05 Å². The first-order valence-corrected chi connectivity index (χ1v) is 6.31. The SMILES string of the molecule is Cn1ncnc1CSc1csc(C(=O)O)c1. The average Bonchev–Trinajstić information content (AvgIpc) is 2.83. The lowest BCUT2D eigenvalue weighted by Crippen LogP contribution is -1.97. The molecule has 0 saturated heterocycles. The van der Waals surface area contributed by atoms with Gasteiger partial charge >= 0.3 is 5.97 Å². The molecule has 2 aromatic rings. The third kappa shape index (κ3) is 2.42. The lowest BCUT2D eigenvalue weighted by atomic mass is 10.5. The van der Waals surface area contributed by atoms with Crippen molar-refractivity contribution in [1.82, 2.24) is 14.8 Å². The van der Waals surface area contributed by atoms with E-state index in [1.165, 1.54) is 17.7 Å². The van der Waals surface area contributed by atoms with E-state index >= 15 is 0 Å². The zero-order valence-electron chi connectivity index (χ0n) is 8.45. The van der Waals surface area contributed by atoms with Crippen LogP contribution in [0.1, 0.15) is 15.5 Å². The number of hydrogen-bond acceptors (Lipinski definition) is 5. The lowest BCUT2D eigenvalue weighted by Gasteiger charge is -1.97. The molecule has 5 nitrogen and oxygen atoms in total. The Balaban J connectivity index is 2.00. The first-order valence-electron chi connectivity index (χ1n) is 4.44. The van der Waals surface area contributed by atoms with Gasteiger partial charge in [-0.2, -0.15) is 5.10 Å². The van der Waals surface area contributed by atoms with Gasteiger partial charge in [0.05, 0.1) is 5.75 Å². The number of aryl methyl sites for hydroxylation is 1. The molecule has 84 valence electrons. The van der Waals surface area contributed by atoms with Gasteiger partial charge in [-0.25, -0.2) is 9.78 Å². The Bertz CT molecular complexity index is 506. The summed E-state index contributed by atoms with van der Waals surface area (Å²) >= 11 is 2.79. The molecule has 2 heterocycles. The molecule has 7 heteroatoms. The number of thiophene rings is 1. The Morgan fingerprint density at radius 1 is 1.69 bits per heavy atom. The second-order valence-corrected chi connectivity index (χ2v) is 5.00. The number of carboxylic acids is 1. The van der Waals surface area contributed by atoms with Crippen molar-refractivity contribution in [2.45, 2.75) is 10.6 Å². The summed E-state index contributed by atoms with van der Waals surface area (Å²) in [4.78, 5) is 16.1. The molecule has 0 unspecified atom stereocenters. The van der Waals surface area contributed by atoms with Crippen molar-refractivity contribution >= 4 is 29.1 Å². The number of nitrogens with zero attached hydrogens (tertiary/aromatic N) is 3. The zero-order chi connectivity index (χ0) is 11.5. The fourth-order valence-corrected chi connectivity index (χ4v) is 2.96. The van der Waals surface area contributed by atoms with Gasteiger partial charge in [-0.05, 0) is 6.07 Å². The van der Waals surface area contributed by atoms with Crippen molar-refractivity contribution in [2.75, 3.05) is 0 Å². The number of hydrogen-bond donors (Lipinski definition) is 1. The second kappa shape index (κ2) is 4.67. The maximum absolute atomic E-state index is 10.7. The number of carboxylic acid groups (broad SMARTS) is 1. The minimum Gasteiger partial charge on any atom is -0.477 e. The maximum atomic E-state index is 10.7. The normalized spacial score (nSPS) is 10.6. The molecule has 0 atom stereocenters. The third-order valence-corrected chi connectivity index (χ3v) is 4.00. The molecule has 0 aliphatic heterocycles. The highest BCUT2D eigenvalue weighted by Gasteiger charge is 2.08. The van der Waals surface area contributed by atoms with E-state index in [-0.39, 0.29) is 0 Å². The molecule has 2 rings (SSSR count). The standard InChI is InChI=1S/C9H9N3O2S2/c1-12-8(10-5-11-12)4-15-6-2-7(9(13)14)16-3-6/h2-3,5H,4H2,1H3,(H,13,14). The Kier molecular flexibility index (Phi) is 3.25. The summed E-state index contributed by atoms with van der Waals surface area (Å²) in [6, 6.07) is 1.67. The highest BCUT2D eigenvalue weighted by atomic mass is 32.2. The minimum atomic E-state index is -0.879. The van der Waals surface area contributed by atoms with Crippen molar-refractivity contribution in [3.05, 3.63) is 28.5 Å². The first kappa shape index (κ1) is 11.2. The molecule has 0 aliphatic rings. The molecule has 1 N–H and O–H groups in total. The molecular weight excluding hydrogens is 246 g/mol. The summed E-state index contributed by atoms with van der Waals surface area (Å²) in [6.45, 7) is 0. The molecule has 0 radical (unpaired) electrons. The Hall–Kier alpha value is -1.34. The van der Waals surface area contributed by atoms with Crippen LogP contribution in [-0.2, 0) is 12.8 Å². The van der Waals surface area contributed by atoms with Gasteiger partial charge in [0.1, 0.15) is 17.0 Å². The molecule has 0 spiro atoms. The molecule has 0 saturated carbocycles. The summed E-state index contributed by atoms with van der Waals surface area (Å²) in [7, 11) is 1.83. The average molecular weight is 255 g/mol. The van der Waals surface area contributed by atoms with Gasteiger partial charge in [0.2, 0.25) is 0 Å². The topological polar surface area (TPSA) is 68.0 Å². The van der Waals surface area contributed by atoms with Crippen LogP contribution in [0.5, 0.6) is 0 Å². The number of aromatic nitrogens is 3. The van der Waals surface area contributed by atoms with Crippen LogP contribution in [0.25, 0.3) is 0 Å². The van der Waals surface area contributed by atoms with Crippen LogP contribution in [-0.4, -0.2) is 25.8 Å². The number of carbonyl (C=O) groups is 1. The van der Waals surface area contributed by atoms with Gasteiger partial charge in [0.25, 0.3) is 0 Å². The minimum absolute atomic E-state index is 0.362. The molecule has 2 aromatic heterocycles. The van der Waals surface area contributed by atoms with Crippen LogP contribution in [0, 0.1) is 0 Å². The van der Waals surface area contributed by atoms with Crippen LogP contribution < -0.4 is 0 Å². The second-order valence-electron chi connectivity index (χ2n) is 3.04. The zero-order valence-corrected chi connectivity index (χ0v) is 10.1. The fourth-order valence-electron chi connectivity index (χ4n) is 1.11. The van der Waals surface area contributed by atoms with Crippen LogP contribution >= 0.6 is 23.1 Å². The van der Waals surface area contributed by atoms with Crippen LogP contribution in [0.2, 0.25) is 0 Å². The number of aromatic carboxylic acids is 1. The molecule has 0 bridgehead atoms. The van der Waals surface area contributed by atoms with E-state index < -0.39 is 5.97 Å². The molecular formula is C9H9N3O2S2. The van der Waals surface area contributed by atoms with Crippen molar-refractivity contribution in [3.63, 3.8) is 0 Å². The summed E-state index contributed by atoms with van der Waals surface area (Å²) in [6.07, 6.45) is 1.51. The summed E-state index contributed by atoms with van der Waals surface area (Å²) in [5.74, 6) is 0.676. The van der Waals surface area contributed by atoms with Gasteiger partial charge in [0, 0.05) is 17.3 Å². The van der Waals surface area contributed by atoms with E-state index in [0.717, 1.165) is 10.7 Å². The van der Waals surface area contributed by atoms with Crippen LogP contribution in [0.3, 0.4) is 0 Å². The van der Waals surface area contributed by atoms with Crippen molar-refractivity contribution in [1.29, 1.82) is 0 Å². The smallest absolute Gasteiger partial charge is 0.345 e. The molecule has 0 amide bonds. The monoisotopic (exact) mass is 255 g/mol. The van der Waals surface area contributed by atoms with E-state index in [4.69, 9.17) is 5.11 Å². The van der Waals surface area contributed by atoms with Gasteiger partial charge in [-0.1, -0.05) is 0 Å². The Morgan fingerprint density at radius 2 is 2.50 bits per heavy atom. The van der Waals surface area contributed by atoms with Crippen molar-refractivity contribution in [3.8, 4) is 0 Å². The van der Waals surface area contributed by atoms with Gasteiger partial charge in [-0.3, -0.25) is 4.68 Å². The third-order valence-electron chi connectivity index (χ3n) is 1.96. The van der Waals surface area contributed by atoms with Crippen molar-refractivity contribution < 1.29 is 9.90 Å². The molecule has 0 aromatic carbocycles. The summed E-state index contributed by atoms with van der Waals surface area (Å²) < 4.78 is 1.71. The van der Waals surface area contributed by atoms with Gasteiger partial charge in [0.15, 0.2) is 0 Å². The van der Waals surface area contributed by atoms with Gasteiger partial charge in [-0.15, -0.1) is 23.1 Å².